The first-order chi connectivity index (χ1) is 14.7. The third-order valence-corrected chi connectivity index (χ3v) is 5.22. The Kier molecular flexibility index (Phi) is 4.52. The number of hydrogen-bond acceptors (Lipinski definition) is 4. The molecule has 0 bridgehead atoms. The number of para-hydroxylation sites is 1. The molecule has 0 spiro atoms. The molecule has 30 heavy (non-hydrogen) atoms. The van der Waals surface area contributed by atoms with Gasteiger partial charge in [-0.05, 0) is 49.7 Å². The van der Waals surface area contributed by atoms with E-state index in [1.54, 1.807) is 0 Å². The van der Waals surface area contributed by atoms with Crippen LogP contribution in [0.15, 0.2) is 73.1 Å². The second-order valence-electron chi connectivity index (χ2n) is 7.39. The number of nitrogens with one attached hydrogen (secondary N) is 2. The molecule has 2 N–H and O–H groups in total. The zero-order valence-corrected chi connectivity index (χ0v) is 16.9. The van der Waals surface area contributed by atoms with Crippen molar-refractivity contribution in [1.29, 1.82) is 0 Å². The van der Waals surface area contributed by atoms with Crippen LogP contribution in [0, 0.1) is 13.8 Å². The third-order valence-electron chi connectivity index (χ3n) is 5.22. The number of anilines is 1. The van der Waals surface area contributed by atoms with Gasteiger partial charge in [-0.1, -0.05) is 30.3 Å². The van der Waals surface area contributed by atoms with Crippen molar-refractivity contribution in [1.82, 2.24) is 24.7 Å². The van der Waals surface area contributed by atoms with Crippen molar-refractivity contribution in [2.75, 3.05) is 5.32 Å². The van der Waals surface area contributed by atoms with Crippen LogP contribution < -0.4 is 5.32 Å². The van der Waals surface area contributed by atoms with Crippen LogP contribution in [0.25, 0.3) is 28.0 Å². The largest absolute Gasteiger partial charge is 0.378 e. The Bertz CT molecular complexity index is 1330. The van der Waals surface area contributed by atoms with Gasteiger partial charge in [-0.25, -0.2) is 9.97 Å². The first-order valence-electron chi connectivity index (χ1n) is 9.93. The molecular formula is C24H22N6. The Morgan fingerprint density at radius 3 is 2.73 bits per heavy atom. The summed E-state index contributed by atoms with van der Waals surface area (Å²) in [5.41, 5.74) is 6.25. The molecule has 0 radical (unpaired) electrons. The van der Waals surface area contributed by atoms with Crippen molar-refractivity contribution in [3.63, 3.8) is 0 Å². The Morgan fingerprint density at radius 1 is 0.967 bits per heavy atom. The summed E-state index contributed by atoms with van der Waals surface area (Å²) in [5.74, 6) is 1.76. The van der Waals surface area contributed by atoms with Crippen LogP contribution in [0.3, 0.4) is 0 Å². The van der Waals surface area contributed by atoms with Gasteiger partial charge in [0.25, 0.3) is 0 Å². The number of aryl methyl sites for hydroxylation is 2. The summed E-state index contributed by atoms with van der Waals surface area (Å²) in [4.78, 5) is 9.66. The summed E-state index contributed by atoms with van der Waals surface area (Å²) in [6, 6.07) is 20.5. The van der Waals surface area contributed by atoms with E-state index in [1.165, 1.54) is 5.56 Å². The zero-order valence-electron chi connectivity index (χ0n) is 16.9. The number of nitrogens with zero attached hydrogens (tertiary/aromatic N) is 4. The average molecular weight is 394 g/mol. The maximum atomic E-state index is 4.95. The van der Waals surface area contributed by atoms with Crippen LogP contribution in [0.5, 0.6) is 0 Å². The molecule has 0 saturated carbocycles. The van der Waals surface area contributed by atoms with Gasteiger partial charge in [0, 0.05) is 28.5 Å². The Labute approximate surface area is 174 Å². The fourth-order valence-corrected chi connectivity index (χ4v) is 3.59. The molecule has 2 aromatic carbocycles. The highest BCUT2D eigenvalue weighted by atomic mass is 15.1. The van der Waals surface area contributed by atoms with Crippen molar-refractivity contribution < 1.29 is 0 Å². The van der Waals surface area contributed by atoms with Gasteiger partial charge in [0.15, 0.2) is 0 Å². The average Bonchev–Trinajstić information content (AvgIpc) is 3.39. The van der Waals surface area contributed by atoms with E-state index < -0.39 is 0 Å². The number of benzene rings is 2. The van der Waals surface area contributed by atoms with Crippen molar-refractivity contribution in [3.8, 4) is 17.1 Å². The normalized spacial score (nSPS) is 11.1. The van der Waals surface area contributed by atoms with Crippen molar-refractivity contribution in [3.05, 3.63) is 90.1 Å². The SMILES string of the molecule is Cc1cccc(-n2cc(-c3ccc4[nH]ncc4c3)nc2CNc2ccccc2C)n1. The minimum Gasteiger partial charge on any atom is -0.378 e. The van der Waals surface area contributed by atoms with Crippen LogP contribution in [-0.2, 0) is 6.54 Å². The molecule has 5 rings (SSSR count). The summed E-state index contributed by atoms with van der Waals surface area (Å²) < 4.78 is 2.06. The number of rotatable bonds is 5. The third kappa shape index (κ3) is 3.43. The molecule has 0 amide bonds. The van der Waals surface area contributed by atoms with Crippen LogP contribution in [0.1, 0.15) is 17.1 Å². The van der Waals surface area contributed by atoms with E-state index in [4.69, 9.17) is 9.97 Å². The summed E-state index contributed by atoms with van der Waals surface area (Å²) in [7, 11) is 0. The van der Waals surface area contributed by atoms with Gasteiger partial charge >= 0.3 is 0 Å². The minimum absolute atomic E-state index is 0.592. The van der Waals surface area contributed by atoms with Gasteiger partial charge in [0.05, 0.1) is 24.0 Å². The maximum absolute atomic E-state index is 4.95. The summed E-state index contributed by atoms with van der Waals surface area (Å²) in [6.45, 7) is 4.69. The second kappa shape index (κ2) is 7.48. The highest BCUT2D eigenvalue weighted by Gasteiger charge is 2.13. The molecule has 0 unspecified atom stereocenters. The van der Waals surface area contributed by atoms with Gasteiger partial charge in [0.1, 0.15) is 11.6 Å². The first-order valence-corrected chi connectivity index (χ1v) is 9.93. The number of fused-ring (bicyclic) bond motifs is 1. The lowest BCUT2D eigenvalue weighted by atomic mass is 10.1. The van der Waals surface area contributed by atoms with Gasteiger partial charge in [-0.15, -0.1) is 0 Å². The van der Waals surface area contributed by atoms with Gasteiger partial charge in [-0.2, -0.15) is 5.10 Å². The Hall–Kier alpha value is -3.93. The van der Waals surface area contributed by atoms with E-state index in [-0.39, 0.29) is 0 Å². The van der Waals surface area contributed by atoms with Gasteiger partial charge in [0.2, 0.25) is 0 Å². The quantitative estimate of drug-likeness (QED) is 0.438. The zero-order chi connectivity index (χ0) is 20.5. The molecule has 3 heterocycles. The summed E-state index contributed by atoms with van der Waals surface area (Å²) >= 11 is 0. The van der Waals surface area contributed by atoms with E-state index in [2.05, 4.69) is 57.5 Å². The molecule has 0 aliphatic heterocycles. The molecule has 0 fully saturated rings. The van der Waals surface area contributed by atoms with Gasteiger partial charge < -0.3 is 5.32 Å². The van der Waals surface area contributed by atoms with E-state index in [1.807, 2.05) is 49.5 Å². The molecule has 0 aliphatic carbocycles. The molecule has 0 saturated heterocycles. The van der Waals surface area contributed by atoms with E-state index in [9.17, 15) is 0 Å². The molecule has 0 atom stereocenters. The molecular weight excluding hydrogens is 372 g/mol. The highest BCUT2D eigenvalue weighted by molar-refractivity contribution is 5.83. The number of aromatic nitrogens is 5. The lowest BCUT2D eigenvalue weighted by Crippen LogP contribution is -2.09. The Morgan fingerprint density at radius 2 is 1.87 bits per heavy atom. The van der Waals surface area contributed by atoms with E-state index >= 15 is 0 Å². The summed E-state index contributed by atoms with van der Waals surface area (Å²) in [6.07, 6.45) is 3.89. The minimum atomic E-state index is 0.592. The lowest BCUT2D eigenvalue weighted by Gasteiger charge is -2.11. The molecule has 5 aromatic rings. The van der Waals surface area contributed by atoms with Crippen LogP contribution in [0.2, 0.25) is 0 Å². The maximum Gasteiger partial charge on any atom is 0.138 e. The molecule has 148 valence electrons. The first kappa shape index (κ1) is 18.1. The molecule has 6 heteroatoms. The smallest absolute Gasteiger partial charge is 0.138 e. The predicted molar refractivity (Wildman–Crippen MR) is 120 cm³/mol. The number of pyridine rings is 1. The Balaban J connectivity index is 1.55. The number of hydrogen-bond donors (Lipinski definition) is 2. The van der Waals surface area contributed by atoms with Crippen LogP contribution >= 0.6 is 0 Å². The van der Waals surface area contributed by atoms with Crippen LogP contribution in [0.4, 0.5) is 5.69 Å². The van der Waals surface area contributed by atoms with Gasteiger partial charge in [-0.3, -0.25) is 9.67 Å². The monoisotopic (exact) mass is 394 g/mol. The standard InChI is InChI=1S/C24H22N6/c1-16-6-3-4-8-20(16)25-14-24-28-22(15-30(24)23-9-5-7-17(2)27-23)18-10-11-21-19(12-18)13-26-29-21/h3-13,15,25H,14H2,1-2H3,(H,26,29). The van der Waals surface area contributed by atoms with E-state index in [0.717, 1.165) is 45.2 Å². The van der Waals surface area contributed by atoms with Crippen molar-refractivity contribution in [2.24, 2.45) is 0 Å². The van der Waals surface area contributed by atoms with Crippen molar-refractivity contribution >= 4 is 16.6 Å². The topological polar surface area (TPSA) is 71.4 Å². The molecule has 0 aliphatic rings. The van der Waals surface area contributed by atoms with E-state index in [0.29, 0.717) is 6.54 Å². The fourth-order valence-electron chi connectivity index (χ4n) is 3.59. The summed E-state index contributed by atoms with van der Waals surface area (Å²) in [5, 5.41) is 11.7. The lowest BCUT2D eigenvalue weighted by molar-refractivity contribution is 0.868. The van der Waals surface area contributed by atoms with Crippen LogP contribution in [-0.4, -0.2) is 24.7 Å². The van der Waals surface area contributed by atoms with Crippen molar-refractivity contribution in [2.45, 2.75) is 20.4 Å². The number of aromatic amines is 1. The molecule has 3 aromatic heterocycles. The number of imidazole rings is 1. The predicted octanol–water partition coefficient (Wildman–Crippen LogP) is 5.04. The number of H-pyrrole nitrogens is 1. The second-order valence-corrected chi connectivity index (χ2v) is 7.39. The molecule has 6 nitrogen and oxygen atoms in total. The fraction of sp³-hybridized carbons (Fsp3) is 0.125. The highest BCUT2D eigenvalue weighted by Crippen LogP contribution is 2.25.